The van der Waals surface area contributed by atoms with Gasteiger partial charge in [-0.2, -0.15) is 0 Å². The molecule has 0 fully saturated rings. The molecule has 10 aromatic rings. The fraction of sp³-hybridized carbons (Fsp3) is 0.0938. The molecule has 310 valence electrons. The van der Waals surface area contributed by atoms with Crippen molar-refractivity contribution in [3.63, 3.8) is 0 Å². The molecule has 10 aromatic carbocycles. The standard InChI is InChI=1S/C64H49N/c1-63(2)59-21-9-7-19-55(59)57-35-29-51(40-61(57)63)44-27-32-53(33-28-44)65(54-34-36-58-56-20-8-10-22-60(56)64(3,4)62(58)41-54)52-30-25-43(26-31-52)46-15-11-16-47(37-46)48-17-12-18-49(39-48)50-24-23-42-13-5-6-14-45(42)38-50/h5-41H,1-4H3. The molecule has 0 bridgehead atoms. The minimum Gasteiger partial charge on any atom is -0.310 e. The highest BCUT2D eigenvalue weighted by atomic mass is 15.1. The second-order valence-corrected chi connectivity index (χ2v) is 19.0. The zero-order valence-corrected chi connectivity index (χ0v) is 37.3. The van der Waals surface area contributed by atoms with Crippen molar-refractivity contribution in [1.82, 2.24) is 0 Å². The van der Waals surface area contributed by atoms with Crippen LogP contribution in [0.1, 0.15) is 49.9 Å². The average Bonchev–Trinajstić information content (AvgIpc) is 3.73. The Morgan fingerprint density at radius 1 is 0.246 bits per heavy atom. The van der Waals surface area contributed by atoms with Gasteiger partial charge in [-0.25, -0.2) is 0 Å². The van der Waals surface area contributed by atoms with Gasteiger partial charge in [-0.3, -0.25) is 0 Å². The van der Waals surface area contributed by atoms with E-state index in [9.17, 15) is 0 Å². The molecule has 0 radical (unpaired) electrons. The Kier molecular flexibility index (Phi) is 8.94. The van der Waals surface area contributed by atoms with Crippen molar-refractivity contribution in [2.24, 2.45) is 0 Å². The molecule has 12 rings (SSSR count). The summed E-state index contributed by atoms with van der Waals surface area (Å²) < 4.78 is 0. The van der Waals surface area contributed by atoms with Crippen molar-refractivity contribution >= 4 is 27.8 Å². The van der Waals surface area contributed by atoms with Gasteiger partial charge in [0, 0.05) is 27.9 Å². The molecule has 0 atom stereocenters. The molecule has 0 N–H and O–H groups in total. The molecule has 0 amide bonds. The Morgan fingerprint density at radius 2 is 0.631 bits per heavy atom. The quantitative estimate of drug-likeness (QED) is 0.155. The molecule has 0 saturated carbocycles. The van der Waals surface area contributed by atoms with Gasteiger partial charge >= 0.3 is 0 Å². The number of nitrogens with zero attached hydrogens (tertiary/aromatic N) is 1. The van der Waals surface area contributed by atoms with E-state index in [1.54, 1.807) is 0 Å². The normalized spacial score (nSPS) is 13.8. The fourth-order valence-electron chi connectivity index (χ4n) is 10.9. The zero-order chi connectivity index (χ0) is 43.9. The third-order valence-corrected chi connectivity index (χ3v) is 14.5. The fourth-order valence-corrected chi connectivity index (χ4v) is 10.9. The molecule has 65 heavy (non-hydrogen) atoms. The smallest absolute Gasteiger partial charge is 0.0465 e. The third kappa shape index (κ3) is 6.45. The van der Waals surface area contributed by atoms with E-state index in [1.807, 2.05) is 0 Å². The minimum atomic E-state index is -0.109. The molecule has 1 nitrogen and oxygen atoms in total. The van der Waals surface area contributed by atoms with Crippen LogP contribution in [-0.4, -0.2) is 0 Å². The van der Waals surface area contributed by atoms with Crippen LogP contribution in [0.4, 0.5) is 17.1 Å². The number of hydrogen-bond acceptors (Lipinski definition) is 1. The number of rotatable bonds is 7. The van der Waals surface area contributed by atoms with Gasteiger partial charge in [0.15, 0.2) is 0 Å². The van der Waals surface area contributed by atoms with Crippen LogP contribution in [0.3, 0.4) is 0 Å². The summed E-state index contributed by atoms with van der Waals surface area (Å²) in [6.07, 6.45) is 0. The van der Waals surface area contributed by atoms with Crippen molar-refractivity contribution in [3.8, 4) is 66.8 Å². The minimum absolute atomic E-state index is 0.0450. The summed E-state index contributed by atoms with van der Waals surface area (Å²) in [5, 5.41) is 2.52. The first-order valence-corrected chi connectivity index (χ1v) is 22.9. The van der Waals surface area contributed by atoms with E-state index < -0.39 is 0 Å². The molecule has 0 unspecified atom stereocenters. The molecule has 2 aliphatic rings. The van der Waals surface area contributed by atoms with E-state index in [2.05, 4.69) is 257 Å². The molecule has 0 spiro atoms. The summed E-state index contributed by atoms with van der Waals surface area (Å²) in [5.74, 6) is 0. The van der Waals surface area contributed by atoms with Crippen LogP contribution in [0, 0.1) is 0 Å². The van der Waals surface area contributed by atoms with Crippen LogP contribution >= 0.6 is 0 Å². The highest BCUT2D eigenvalue weighted by molar-refractivity contribution is 5.90. The van der Waals surface area contributed by atoms with Crippen molar-refractivity contribution < 1.29 is 0 Å². The molecule has 0 aliphatic heterocycles. The van der Waals surface area contributed by atoms with E-state index in [-0.39, 0.29) is 10.8 Å². The van der Waals surface area contributed by atoms with Gasteiger partial charge in [-0.1, -0.05) is 191 Å². The first-order valence-electron chi connectivity index (χ1n) is 22.9. The Bertz CT molecular complexity index is 3480. The first kappa shape index (κ1) is 38.9. The van der Waals surface area contributed by atoms with Crippen LogP contribution in [-0.2, 0) is 10.8 Å². The molecule has 0 saturated heterocycles. The monoisotopic (exact) mass is 831 g/mol. The predicted molar refractivity (Wildman–Crippen MR) is 276 cm³/mol. The van der Waals surface area contributed by atoms with E-state index in [4.69, 9.17) is 0 Å². The van der Waals surface area contributed by atoms with Crippen molar-refractivity contribution in [2.45, 2.75) is 38.5 Å². The SMILES string of the molecule is CC1(C)c2ccccc2-c2ccc(-c3ccc(N(c4ccc(-c5cccc(-c6cccc(-c7ccc8ccccc8c7)c6)c5)cc4)c4ccc5c(c4)C(C)(C)c4ccccc4-5)cc3)cc21. The van der Waals surface area contributed by atoms with Gasteiger partial charge in [-0.05, 0) is 160 Å². The molecule has 0 heterocycles. The second kappa shape index (κ2) is 14.9. The third-order valence-electron chi connectivity index (χ3n) is 14.5. The number of hydrogen-bond donors (Lipinski definition) is 0. The van der Waals surface area contributed by atoms with Crippen molar-refractivity contribution in [2.75, 3.05) is 4.90 Å². The second-order valence-electron chi connectivity index (χ2n) is 19.0. The lowest BCUT2D eigenvalue weighted by Crippen LogP contribution is -2.16. The Hall–Kier alpha value is -7.74. The van der Waals surface area contributed by atoms with E-state index in [0.29, 0.717) is 0 Å². The Labute approximate surface area is 383 Å². The van der Waals surface area contributed by atoms with E-state index in [1.165, 1.54) is 99.8 Å². The summed E-state index contributed by atoms with van der Waals surface area (Å²) in [7, 11) is 0. The van der Waals surface area contributed by atoms with Crippen LogP contribution in [0.15, 0.2) is 224 Å². The Morgan fingerprint density at radius 3 is 1.20 bits per heavy atom. The lowest BCUT2D eigenvalue weighted by atomic mass is 9.81. The topological polar surface area (TPSA) is 3.24 Å². The lowest BCUT2D eigenvalue weighted by Gasteiger charge is -2.28. The van der Waals surface area contributed by atoms with Gasteiger partial charge in [0.25, 0.3) is 0 Å². The molecule has 1 heteroatoms. The largest absolute Gasteiger partial charge is 0.310 e. The Balaban J connectivity index is 0.894. The highest BCUT2D eigenvalue weighted by Gasteiger charge is 2.37. The van der Waals surface area contributed by atoms with Crippen LogP contribution in [0.2, 0.25) is 0 Å². The summed E-state index contributed by atoms with van der Waals surface area (Å²) >= 11 is 0. The predicted octanol–water partition coefficient (Wildman–Crippen LogP) is 17.6. The maximum Gasteiger partial charge on any atom is 0.0465 e. The maximum atomic E-state index is 2.42. The summed E-state index contributed by atoms with van der Waals surface area (Å²) in [6.45, 7) is 9.43. The summed E-state index contributed by atoms with van der Waals surface area (Å²) in [6, 6.07) is 83.3. The first-order chi connectivity index (χ1) is 31.7. The van der Waals surface area contributed by atoms with E-state index >= 15 is 0 Å². The van der Waals surface area contributed by atoms with Gasteiger partial charge < -0.3 is 4.90 Å². The molecular weight excluding hydrogens is 783 g/mol. The number of benzene rings is 10. The van der Waals surface area contributed by atoms with E-state index in [0.717, 1.165) is 17.1 Å². The summed E-state index contributed by atoms with van der Waals surface area (Å²) in [5.41, 5.74) is 23.8. The number of fused-ring (bicyclic) bond motifs is 7. The number of anilines is 3. The molecule has 0 aromatic heterocycles. The summed E-state index contributed by atoms with van der Waals surface area (Å²) in [4.78, 5) is 2.42. The van der Waals surface area contributed by atoms with Gasteiger partial charge in [0.2, 0.25) is 0 Å². The maximum absolute atomic E-state index is 2.42. The molecule has 2 aliphatic carbocycles. The van der Waals surface area contributed by atoms with Crippen molar-refractivity contribution in [1.29, 1.82) is 0 Å². The zero-order valence-electron chi connectivity index (χ0n) is 37.3. The van der Waals surface area contributed by atoms with Crippen LogP contribution < -0.4 is 4.90 Å². The van der Waals surface area contributed by atoms with Crippen LogP contribution in [0.25, 0.3) is 77.5 Å². The van der Waals surface area contributed by atoms with Crippen molar-refractivity contribution in [3.05, 3.63) is 247 Å². The molecular formula is C64H49N. The van der Waals surface area contributed by atoms with Crippen LogP contribution in [0.5, 0.6) is 0 Å². The van der Waals surface area contributed by atoms with Gasteiger partial charge in [0.1, 0.15) is 0 Å². The van der Waals surface area contributed by atoms with Gasteiger partial charge in [-0.15, -0.1) is 0 Å². The lowest BCUT2D eigenvalue weighted by molar-refractivity contribution is 0.660. The van der Waals surface area contributed by atoms with Gasteiger partial charge in [0.05, 0.1) is 0 Å². The average molecular weight is 832 g/mol. The highest BCUT2D eigenvalue weighted by Crippen LogP contribution is 2.52.